The highest BCUT2D eigenvalue weighted by Crippen LogP contribution is 2.22. The zero-order valence-corrected chi connectivity index (χ0v) is 14.8. The van der Waals surface area contributed by atoms with Gasteiger partial charge in [0, 0.05) is 20.1 Å². The highest BCUT2D eigenvalue weighted by atomic mass is 16.2. The topological polar surface area (TPSA) is 61.4 Å². The summed E-state index contributed by atoms with van der Waals surface area (Å²) in [4.78, 5) is 24.9. The molecule has 0 saturated heterocycles. The maximum Gasteiger partial charge on any atom is 0.239 e. The maximum absolute atomic E-state index is 12.1. The fourth-order valence-electron chi connectivity index (χ4n) is 2.41. The highest BCUT2D eigenvalue weighted by Gasteiger charge is 2.18. The Labute approximate surface area is 139 Å². The van der Waals surface area contributed by atoms with Crippen LogP contribution in [0, 0.1) is 5.92 Å². The molecule has 0 bridgehead atoms. The van der Waals surface area contributed by atoms with Crippen LogP contribution >= 0.6 is 0 Å². The summed E-state index contributed by atoms with van der Waals surface area (Å²) in [5.74, 6) is 0.0976. The summed E-state index contributed by atoms with van der Waals surface area (Å²) >= 11 is 0. The van der Waals surface area contributed by atoms with E-state index in [2.05, 4.69) is 55.7 Å². The van der Waals surface area contributed by atoms with E-state index < -0.39 is 0 Å². The lowest BCUT2D eigenvalue weighted by atomic mass is 9.95. The predicted octanol–water partition coefficient (Wildman–Crippen LogP) is 1.74. The summed E-state index contributed by atoms with van der Waals surface area (Å²) in [6.45, 7) is 6.68. The molecule has 1 aromatic rings. The van der Waals surface area contributed by atoms with Crippen molar-refractivity contribution >= 4 is 11.8 Å². The van der Waals surface area contributed by atoms with Gasteiger partial charge in [-0.1, -0.05) is 45.0 Å². The summed E-state index contributed by atoms with van der Waals surface area (Å²) in [5, 5.41) is 5.84. The van der Waals surface area contributed by atoms with Crippen LogP contribution < -0.4 is 10.6 Å². The highest BCUT2D eigenvalue weighted by molar-refractivity contribution is 5.85. The smallest absolute Gasteiger partial charge is 0.239 e. The Kier molecular flexibility index (Phi) is 7.75. The summed E-state index contributed by atoms with van der Waals surface area (Å²) in [7, 11) is 3.20. The molecule has 0 fully saturated rings. The van der Waals surface area contributed by atoms with Crippen LogP contribution in [0.5, 0.6) is 0 Å². The number of amides is 2. The lowest BCUT2D eigenvalue weighted by Gasteiger charge is -2.24. The van der Waals surface area contributed by atoms with Crippen LogP contribution in [0.4, 0.5) is 0 Å². The molecule has 0 heterocycles. The Morgan fingerprint density at radius 2 is 1.78 bits per heavy atom. The number of nitrogens with zero attached hydrogens (tertiary/aromatic N) is 1. The molecule has 0 aliphatic rings. The minimum atomic E-state index is -0.170. The van der Waals surface area contributed by atoms with Crippen molar-refractivity contribution in [3.8, 4) is 0 Å². The molecule has 0 unspecified atom stereocenters. The summed E-state index contributed by atoms with van der Waals surface area (Å²) in [5.41, 5.74) is 2.48. The van der Waals surface area contributed by atoms with Crippen LogP contribution in [0.3, 0.4) is 0 Å². The summed E-state index contributed by atoms with van der Waals surface area (Å²) in [6, 6.07) is 8.61. The van der Waals surface area contributed by atoms with Gasteiger partial charge in [0.15, 0.2) is 0 Å². The van der Waals surface area contributed by atoms with Gasteiger partial charge in [0.05, 0.1) is 13.1 Å². The second kappa shape index (κ2) is 9.30. The third kappa shape index (κ3) is 6.02. The van der Waals surface area contributed by atoms with Gasteiger partial charge >= 0.3 is 0 Å². The van der Waals surface area contributed by atoms with Crippen molar-refractivity contribution in [1.82, 2.24) is 15.5 Å². The van der Waals surface area contributed by atoms with Crippen molar-refractivity contribution in [1.29, 1.82) is 0 Å². The molecule has 2 N–H and O–H groups in total. The van der Waals surface area contributed by atoms with Crippen LogP contribution in [-0.2, 0) is 16.0 Å². The molecule has 0 aliphatic carbocycles. The van der Waals surface area contributed by atoms with Gasteiger partial charge in [0.2, 0.25) is 11.8 Å². The van der Waals surface area contributed by atoms with Gasteiger partial charge in [-0.3, -0.25) is 9.59 Å². The molecule has 0 radical (unpaired) electrons. The lowest BCUT2D eigenvalue weighted by Crippen LogP contribution is -2.42. The minimum absolute atomic E-state index is 0.0779. The molecule has 5 nitrogen and oxygen atoms in total. The monoisotopic (exact) mass is 319 g/mol. The standard InChI is InChI=1S/C18H29N3O2/c1-6-14-7-9-15(10-8-14)18(13(2)3)20-11-17(23)21(5)12-16(22)19-4/h7-10,13,18,20H,6,11-12H2,1-5H3,(H,19,22)/t18-/m0/s1. The molecule has 0 saturated carbocycles. The number of carbonyl (C=O) groups is 2. The van der Waals surface area contributed by atoms with Gasteiger partial charge in [0.25, 0.3) is 0 Å². The van der Waals surface area contributed by atoms with E-state index in [0.717, 1.165) is 6.42 Å². The second-order valence-electron chi connectivity index (χ2n) is 6.12. The first-order valence-electron chi connectivity index (χ1n) is 8.15. The van der Waals surface area contributed by atoms with Crippen LogP contribution in [0.1, 0.15) is 37.9 Å². The molecule has 1 atom stereocenters. The van der Waals surface area contributed by atoms with E-state index in [1.165, 1.54) is 16.0 Å². The Morgan fingerprint density at radius 3 is 2.26 bits per heavy atom. The van der Waals surface area contributed by atoms with Gasteiger partial charge in [-0.05, 0) is 23.5 Å². The fourth-order valence-corrected chi connectivity index (χ4v) is 2.41. The van der Waals surface area contributed by atoms with Crippen molar-refractivity contribution in [2.45, 2.75) is 33.2 Å². The number of hydrogen-bond donors (Lipinski definition) is 2. The quantitative estimate of drug-likeness (QED) is 0.767. The zero-order chi connectivity index (χ0) is 17.4. The predicted molar refractivity (Wildman–Crippen MR) is 93.1 cm³/mol. The van der Waals surface area contributed by atoms with E-state index in [1.54, 1.807) is 14.1 Å². The average molecular weight is 319 g/mol. The maximum atomic E-state index is 12.1. The van der Waals surface area contributed by atoms with Gasteiger partial charge in [-0.25, -0.2) is 0 Å². The van der Waals surface area contributed by atoms with Gasteiger partial charge < -0.3 is 15.5 Å². The van der Waals surface area contributed by atoms with Crippen molar-refractivity contribution in [2.75, 3.05) is 27.2 Å². The minimum Gasteiger partial charge on any atom is -0.358 e. The van der Waals surface area contributed by atoms with Crippen molar-refractivity contribution in [3.05, 3.63) is 35.4 Å². The molecular weight excluding hydrogens is 290 g/mol. The average Bonchev–Trinajstić information content (AvgIpc) is 2.54. The van der Waals surface area contributed by atoms with E-state index in [1.807, 2.05) is 0 Å². The zero-order valence-electron chi connectivity index (χ0n) is 14.8. The molecule has 23 heavy (non-hydrogen) atoms. The van der Waals surface area contributed by atoms with Crippen molar-refractivity contribution in [3.63, 3.8) is 0 Å². The van der Waals surface area contributed by atoms with Crippen LogP contribution in [0.25, 0.3) is 0 Å². The number of hydrogen-bond acceptors (Lipinski definition) is 3. The normalized spacial score (nSPS) is 12.1. The van der Waals surface area contributed by atoms with Crippen molar-refractivity contribution < 1.29 is 9.59 Å². The molecule has 0 aliphatic heterocycles. The number of benzene rings is 1. The Hall–Kier alpha value is -1.88. The first-order valence-corrected chi connectivity index (χ1v) is 8.15. The van der Waals surface area contributed by atoms with Crippen LogP contribution in [0.15, 0.2) is 24.3 Å². The fraction of sp³-hybridized carbons (Fsp3) is 0.556. The summed E-state index contributed by atoms with van der Waals surface area (Å²) in [6.07, 6.45) is 1.02. The number of likely N-dealkylation sites (N-methyl/N-ethyl adjacent to an activating group) is 2. The molecular formula is C18H29N3O2. The first-order chi connectivity index (χ1) is 10.9. The molecule has 0 aromatic heterocycles. The molecule has 5 heteroatoms. The van der Waals surface area contributed by atoms with Crippen molar-refractivity contribution in [2.24, 2.45) is 5.92 Å². The second-order valence-corrected chi connectivity index (χ2v) is 6.12. The van der Waals surface area contributed by atoms with Gasteiger partial charge in [-0.2, -0.15) is 0 Å². The molecule has 0 spiro atoms. The van der Waals surface area contributed by atoms with E-state index in [4.69, 9.17) is 0 Å². The number of aryl methyl sites for hydroxylation is 1. The SMILES string of the molecule is CCc1ccc([C@@H](NCC(=O)N(C)CC(=O)NC)C(C)C)cc1. The van der Waals surface area contributed by atoms with Gasteiger partial charge in [0.1, 0.15) is 0 Å². The number of nitrogens with one attached hydrogen (secondary N) is 2. The number of rotatable bonds is 8. The third-order valence-electron chi connectivity index (χ3n) is 3.97. The third-order valence-corrected chi connectivity index (χ3v) is 3.97. The van der Waals surface area contributed by atoms with E-state index >= 15 is 0 Å². The van der Waals surface area contributed by atoms with E-state index in [-0.39, 0.29) is 30.9 Å². The first kappa shape index (κ1) is 19.2. The van der Waals surface area contributed by atoms with E-state index in [9.17, 15) is 9.59 Å². The Morgan fingerprint density at radius 1 is 1.17 bits per heavy atom. The molecule has 1 aromatic carbocycles. The van der Waals surface area contributed by atoms with Gasteiger partial charge in [-0.15, -0.1) is 0 Å². The van der Waals surface area contributed by atoms with Crippen LogP contribution in [0.2, 0.25) is 0 Å². The molecule has 128 valence electrons. The van der Waals surface area contributed by atoms with E-state index in [0.29, 0.717) is 5.92 Å². The molecule has 1 rings (SSSR count). The lowest BCUT2D eigenvalue weighted by molar-refractivity contribution is -0.134. The Balaban J connectivity index is 2.65. The van der Waals surface area contributed by atoms with Crippen LogP contribution in [-0.4, -0.2) is 43.9 Å². The summed E-state index contributed by atoms with van der Waals surface area (Å²) < 4.78 is 0. The Bertz CT molecular complexity index is 512. The largest absolute Gasteiger partial charge is 0.358 e. The number of carbonyl (C=O) groups excluding carboxylic acids is 2. The molecule has 2 amide bonds.